The average molecular weight is 401 g/mol. The van der Waals surface area contributed by atoms with Gasteiger partial charge in [-0.1, -0.05) is 82.6 Å². The fourth-order valence-corrected chi connectivity index (χ4v) is 4.00. The van der Waals surface area contributed by atoms with Crippen LogP contribution in [0.25, 0.3) is 10.8 Å². The molecule has 0 aliphatic heterocycles. The number of fused-ring (bicyclic) bond motifs is 1. The number of aryl methyl sites for hydroxylation is 1. The van der Waals surface area contributed by atoms with E-state index in [1.54, 1.807) is 6.07 Å². The van der Waals surface area contributed by atoms with Crippen molar-refractivity contribution in [1.82, 2.24) is 0 Å². The van der Waals surface area contributed by atoms with Crippen LogP contribution in [0.4, 0.5) is 0 Å². The number of hydrogen-bond donors (Lipinski definition) is 0. The van der Waals surface area contributed by atoms with Crippen LogP contribution in [0.2, 0.25) is 0 Å². The van der Waals surface area contributed by atoms with E-state index in [1.165, 1.54) is 57.4 Å². The van der Waals surface area contributed by atoms with Crippen molar-refractivity contribution >= 4 is 20.9 Å². The first kappa shape index (κ1) is 24.3. The Labute approximate surface area is 201 Å². The Morgan fingerprint density at radius 3 is 2.08 bits per heavy atom. The molecule has 5 heteroatoms. The zero-order valence-electron chi connectivity index (χ0n) is 16.2. The van der Waals surface area contributed by atoms with Crippen LogP contribution >= 0.6 is 0 Å². The maximum absolute atomic E-state index is 11.4. The first-order chi connectivity index (χ1) is 12.0. The Morgan fingerprint density at radius 2 is 1.46 bits per heavy atom. The summed E-state index contributed by atoms with van der Waals surface area (Å²) in [5.41, 5.74) is 1.10. The van der Waals surface area contributed by atoms with Gasteiger partial charge in [-0.15, -0.1) is 0 Å². The van der Waals surface area contributed by atoms with E-state index in [4.69, 9.17) is 0 Å². The van der Waals surface area contributed by atoms with E-state index in [2.05, 4.69) is 6.92 Å². The molecule has 0 bridgehead atoms. The van der Waals surface area contributed by atoms with Crippen molar-refractivity contribution < 1.29 is 64.4 Å². The van der Waals surface area contributed by atoms with E-state index in [1.807, 2.05) is 24.3 Å². The molecule has 0 heterocycles. The normalized spacial score (nSPS) is 11.5. The van der Waals surface area contributed by atoms with Crippen molar-refractivity contribution in [3.63, 3.8) is 0 Å². The van der Waals surface area contributed by atoms with Crippen LogP contribution in [0.15, 0.2) is 41.3 Å². The molecule has 0 N–H and O–H groups in total. The first-order valence-corrected chi connectivity index (χ1v) is 10.9. The monoisotopic (exact) mass is 400 g/mol. The Kier molecular flexibility index (Phi) is 11.8. The summed E-state index contributed by atoms with van der Waals surface area (Å²) in [5, 5.41) is 1.35. The van der Waals surface area contributed by atoms with Gasteiger partial charge in [0.25, 0.3) is 0 Å². The van der Waals surface area contributed by atoms with Gasteiger partial charge >= 0.3 is 51.4 Å². The van der Waals surface area contributed by atoms with Crippen LogP contribution in [-0.4, -0.2) is 13.0 Å². The molecule has 0 saturated carbocycles. The summed E-state index contributed by atoms with van der Waals surface area (Å²) in [4.78, 5) is -0.112. The summed E-state index contributed by atoms with van der Waals surface area (Å²) in [6.45, 7) is 2.24. The van der Waals surface area contributed by atoms with Crippen molar-refractivity contribution in [3.05, 3.63) is 42.0 Å². The molecule has 0 aromatic heterocycles. The van der Waals surface area contributed by atoms with Crippen LogP contribution in [0.5, 0.6) is 0 Å². The topological polar surface area (TPSA) is 57.2 Å². The Balaban J connectivity index is 0.00000338. The maximum Gasteiger partial charge on any atom is 1.00 e. The molecule has 0 aliphatic rings. The third-order valence-electron chi connectivity index (χ3n) is 4.74. The fourth-order valence-electron chi connectivity index (χ4n) is 3.30. The number of benzene rings is 2. The van der Waals surface area contributed by atoms with E-state index >= 15 is 0 Å². The predicted molar refractivity (Wildman–Crippen MR) is 103 cm³/mol. The zero-order chi connectivity index (χ0) is 18.1. The third-order valence-corrected chi connectivity index (χ3v) is 5.64. The van der Waals surface area contributed by atoms with Crippen molar-refractivity contribution in [3.8, 4) is 0 Å². The van der Waals surface area contributed by atoms with Gasteiger partial charge in [0.2, 0.25) is 0 Å². The van der Waals surface area contributed by atoms with E-state index in [-0.39, 0.29) is 56.3 Å². The van der Waals surface area contributed by atoms with E-state index in [0.717, 1.165) is 23.8 Å². The number of rotatable bonds is 11. The molecule has 2 aromatic carbocycles. The van der Waals surface area contributed by atoms with Gasteiger partial charge in [0.05, 0.1) is 4.90 Å². The molecule has 26 heavy (non-hydrogen) atoms. The van der Waals surface area contributed by atoms with Crippen LogP contribution in [0.3, 0.4) is 0 Å². The van der Waals surface area contributed by atoms with Gasteiger partial charge in [0.1, 0.15) is 10.1 Å². The minimum atomic E-state index is -4.44. The summed E-state index contributed by atoms with van der Waals surface area (Å²) in [6, 6.07) is 10.7. The summed E-state index contributed by atoms with van der Waals surface area (Å²) >= 11 is 0. The molecular formula is C21H29KO3S. The Morgan fingerprint density at radius 1 is 0.846 bits per heavy atom. The second-order valence-corrected chi connectivity index (χ2v) is 8.19. The van der Waals surface area contributed by atoms with Gasteiger partial charge in [-0.05, 0) is 41.3 Å². The molecule has 0 aliphatic carbocycles. The number of unbranched alkanes of at least 4 members (excludes halogenated alkanes) is 8. The maximum atomic E-state index is 11.4. The summed E-state index contributed by atoms with van der Waals surface area (Å²) in [5.74, 6) is 0. The largest absolute Gasteiger partial charge is 1.00 e. The fraction of sp³-hybridized carbons (Fsp3) is 0.524. The van der Waals surface area contributed by atoms with Crippen LogP contribution in [0.1, 0.15) is 70.3 Å². The minimum Gasteiger partial charge on any atom is -0.744 e. The minimum absolute atomic E-state index is 0. The molecule has 0 amide bonds. The van der Waals surface area contributed by atoms with E-state index in [9.17, 15) is 13.0 Å². The van der Waals surface area contributed by atoms with Crippen molar-refractivity contribution in [2.24, 2.45) is 0 Å². The molecule has 0 spiro atoms. The Hall–Kier alpha value is 0.246. The molecule has 138 valence electrons. The quantitative estimate of drug-likeness (QED) is 0.331. The van der Waals surface area contributed by atoms with Gasteiger partial charge in [-0.3, -0.25) is 0 Å². The molecule has 2 aromatic rings. The van der Waals surface area contributed by atoms with Crippen LogP contribution in [0, 0.1) is 0 Å². The second kappa shape index (κ2) is 12.7. The standard InChI is InChI=1S/C21H30O3S.K/c1-2-3-4-5-6-7-8-9-10-12-18-15-16-19-13-11-14-21(20(19)17-18)25(22,23)24;/h11,13-17H,2-10,12H2,1H3,(H,22,23,24);/q;+1/p-1. The average Bonchev–Trinajstić information content (AvgIpc) is 2.59. The summed E-state index contributed by atoms with van der Waals surface area (Å²) < 4.78 is 34.3. The van der Waals surface area contributed by atoms with Crippen molar-refractivity contribution in [1.29, 1.82) is 0 Å². The first-order valence-electron chi connectivity index (χ1n) is 9.50. The zero-order valence-corrected chi connectivity index (χ0v) is 20.1. The Bertz CT molecular complexity index is 772. The van der Waals surface area contributed by atoms with Crippen molar-refractivity contribution in [2.75, 3.05) is 0 Å². The number of hydrogen-bond acceptors (Lipinski definition) is 3. The van der Waals surface area contributed by atoms with E-state index in [0.29, 0.717) is 5.39 Å². The van der Waals surface area contributed by atoms with Gasteiger partial charge < -0.3 is 4.55 Å². The van der Waals surface area contributed by atoms with Crippen molar-refractivity contribution in [2.45, 2.75) is 76.0 Å². The molecule has 0 unspecified atom stereocenters. The second-order valence-electron chi connectivity index (χ2n) is 6.84. The van der Waals surface area contributed by atoms with Gasteiger partial charge in [0, 0.05) is 0 Å². The SMILES string of the molecule is CCCCCCCCCCCc1ccc2cccc(S(=O)(=O)[O-])c2c1.[K+]. The van der Waals surface area contributed by atoms with Crippen LogP contribution < -0.4 is 51.4 Å². The summed E-state index contributed by atoms with van der Waals surface area (Å²) in [7, 11) is -4.44. The predicted octanol–water partition coefficient (Wildman–Crippen LogP) is 2.82. The van der Waals surface area contributed by atoms with Gasteiger partial charge in [0.15, 0.2) is 0 Å². The smallest absolute Gasteiger partial charge is 0.744 e. The third kappa shape index (κ3) is 8.09. The molecular weight excluding hydrogens is 371 g/mol. The van der Waals surface area contributed by atoms with Crippen LogP contribution in [-0.2, 0) is 16.5 Å². The van der Waals surface area contributed by atoms with E-state index < -0.39 is 10.1 Å². The molecule has 0 radical (unpaired) electrons. The summed E-state index contributed by atoms with van der Waals surface area (Å²) in [6.07, 6.45) is 12.5. The van der Waals surface area contributed by atoms with Gasteiger partial charge in [-0.2, -0.15) is 0 Å². The van der Waals surface area contributed by atoms with Gasteiger partial charge in [-0.25, -0.2) is 8.42 Å². The molecule has 0 saturated heterocycles. The molecule has 0 fully saturated rings. The molecule has 0 atom stereocenters. The molecule has 2 rings (SSSR count). The molecule has 3 nitrogen and oxygen atoms in total.